The fourth-order valence-corrected chi connectivity index (χ4v) is 1.87. The number of hydrogen-bond donors (Lipinski definition) is 2. The van der Waals surface area contributed by atoms with Crippen LogP contribution in [0.2, 0.25) is 0 Å². The number of hydrogen-bond acceptors (Lipinski definition) is 4. The van der Waals surface area contributed by atoms with E-state index in [0.717, 1.165) is 24.1 Å². The minimum absolute atomic E-state index is 0.0232. The monoisotopic (exact) mass is 308 g/mol. The lowest BCUT2D eigenvalue weighted by molar-refractivity contribution is -0.141. The lowest BCUT2D eigenvalue weighted by Crippen LogP contribution is -2.32. The summed E-state index contributed by atoms with van der Waals surface area (Å²) in [5, 5.41) is 12.0. The summed E-state index contributed by atoms with van der Waals surface area (Å²) in [5.74, 6) is 0.202. The molecule has 1 heterocycles. The third-order valence-corrected chi connectivity index (χ3v) is 3.11. The molecule has 0 aliphatic heterocycles. The lowest BCUT2D eigenvalue weighted by Gasteiger charge is -2.11. The minimum atomic E-state index is -4.52. The van der Waals surface area contributed by atoms with Crippen LogP contribution < -0.4 is 5.32 Å². The van der Waals surface area contributed by atoms with Gasteiger partial charge >= 0.3 is 6.18 Å². The SMILES string of the molecule is CSCCC(O)CNC(=O)c1ccc(C(F)(F)F)nc1. The molecular formula is C12H15F3N2O2S. The summed E-state index contributed by atoms with van der Waals surface area (Å²) in [7, 11) is 0. The molecule has 0 aromatic carbocycles. The molecule has 8 heteroatoms. The van der Waals surface area contributed by atoms with Crippen molar-refractivity contribution < 1.29 is 23.1 Å². The van der Waals surface area contributed by atoms with Crippen LogP contribution in [0.4, 0.5) is 13.2 Å². The van der Waals surface area contributed by atoms with Crippen molar-refractivity contribution in [1.29, 1.82) is 0 Å². The smallest absolute Gasteiger partial charge is 0.391 e. The van der Waals surface area contributed by atoms with Gasteiger partial charge in [-0.05, 0) is 30.6 Å². The average molecular weight is 308 g/mol. The van der Waals surface area contributed by atoms with Crippen LogP contribution in [-0.4, -0.2) is 40.7 Å². The van der Waals surface area contributed by atoms with Gasteiger partial charge in [-0.3, -0.25) is 9.78 Å². The zero-order valence-electron chi connectivity index (χ0n) is 10.8. The van der Waals surface area contributed by atoms with Gasteiger partial charge in [-0.15, -0.1) is 0 Å². The second-order valence-electron chi connectivity index (χ2n) is 4.08. The molecule has 1 atom stereocenters. The number of amides is 1. The topological polar surface area (TPSA) is 62.2 Å². The fourth-order valence-electron chi connectivity index (χ4n) is 1.36. The number of carbonyl (C=O) groups excluding carboxylic acids is 1. The van der Waals surface area contributed by atoms with E-state index in [-0.39, 0.29) is 12.1 Å². The highest BCUT2D eigenvalue weighted by molar-refractivity contribution is 7.98. The number of thioether (sulfide) groups is 1. The Kier molecular flexibility index (Phi) is 6.28. The van der Waals surface area contributed by atoms with Gasteiger partial charge in [0.25, 0.3) is 5.91 Å². The van der Waals surface area contributed by atoms with E-state index in [1.165, 1.54) is 0 Å². The number of alkyl halides is 3. The molecule has 0 saturated heterocycles. The molecule has 1 rings (SSSR count). The predicted octanol–water partition coefficient (Wildman–Crippen LogP) is 1.94. The first-order valence-corrected chi connectivity index (χ1v) is 7.22. The van der Waals surface area contributed by atoms with Gasteiger partial charge in [-0.2, -0.15) is 24.9 Å². The molecular weight excluding hydrogens is 293 g/mol. The van der Waals surface area contributed by atoms with Crippen LogP contribution >= 0.6 is 11.8 Å². The summed E-state index contributed by atoms with van der Waals surface area (Å²) >= 11 is 1.58. The van der Waals surface area contributed by atoms with Crippen molar-refractivity contribution in [2.45, 2.75) is 18.7 Å². The van der Waals surface area contributed by atoms with Gasteiger partial charge in [-0.25, -0.2) is 0 Å². The highest BCUT2D eigenvalue weighted by Crippen LogP contribution is 2.27. The highest BCUT2D eigenvalue weighted by atomic mass is 32.2. The number of nitrogens with zero attached hydrogens (tertiary/aromatic N) is 1. The van der Waals surface area contributed by atoms with E-state index >= 15 is 0 Å². The zero-order chi connectivity index (χ0) is 15.2. The third-order valence-electron chi connectivity index (χ3n) is 2.47. The molecule has 0 aliphatic carbocycles. The molecule has 0 fully saturated rings. The van der Waals surface area contributed by atoms with Crippen molar-refractivity contribution in [2.24, 2.45) is 0 Å². The molecule has 0 aliphatic rings. The molecule has 0 bridgehead atoms. The Morgan fingerprint density at radius 2 is 2.20 bits per heavy atom. The summed E-state index contributed by atoms with van der Waals surface area (Å²) < 4.78 is 36.9. The van der Waals surface area contributed by atoms with Crippen LogP contribution in [0.1, 0.15) is 22.5 Å². The second kappa shape index (κ2) is 7.49. The summed E-state index contributed by atoms with van der Waals surface area (Å²) in [6, 6.07) is 1.80. The van der Waals surface area contributed by atoms with Crippen LogP contribution in [-0.2, 0) is 6.18 Å². The molecule has 0 radical (unpaired) electrons. The summed E-state index contributed by atoms with van der Waals surface area (Å²) in [6.45, 7) is 0.0560. The van der Waals surface area contributed by atoms with Crippen molar-refractivity contribution in [1.82, 2.24) is 10.3 Å². The third kappa shape index (κ3) is 5.38. The molecule has 2 N–H and O–H groups in total. The summed E-state index contributed by atoms with van der Waals surface area (Å²) in [6.07, 6.45) is -1.89. The number of aromatic nitrogens is 1. The van der Waals surface area contributed by atoms with Gasteiger partial charge in [0.15, 0.2) is 0 Å². The van der Waals surface area contributed by atoms with Crippen LogP contribution in [0.25, 0.3) is 0 Å². The van der Waals surface area contributed by atoms with Crippen LogP contribution in [0.15, 0.2) is 18.3 Å². The summed E-state index contributed by atoms with van der Waals surface area (Å²) in [5.41, 5.74) is -1.02. The van der Waals surface area contributed by atoms with Crippen molar-refractivity contribution in [2.75, 3.05) is 18.6 Å². The van der Waals surface area contributed by atoms with Gasteiger partial charge in [0.2, 0.25) is 0 Å². The van der Waals surface area contributed by atoms with Gasteiger partial charge in [0.05, 0.1) is 11.7 Å². The Morgan fingerprint density at radius 3 is 2.70 bits per heavy atom. The quantitative estimate of drug-likeness (QED) is 0.843. The first-order chi connectivity index (χ1) is 9.34. The van der Waals surface area contributed by atoms with E-state index in [1.807, 2.05) is 6.26 Å². The second-order valence-corrected chi connectivity index (χ2v) is 5.06. The van der Waals surface area contributed by atoms with Crippen molar-refractivity contribution in [3.8, 4) is 0 Å². The molecule has 0 spiro atoms. The standard InChI is InChI=1S/C12H15F3N2O2S/c1-20-5-4-9(18)7-17-11(19)8-2-3-10(16-6-8)12(13,14)15/h2-3,6,9,18H,4-5,7H2,1H3,(H,17,19). The van der Waals surface area contributed by atoms with E-state index in [9.17, 15) is 23.1 Å². The van der Waals surface area contributed by atoms with E-state index in [2.05, 4.69) is 10.3 Å². The number of carbonyl (C=O) groups is 1. The molecule has 1 aromatic rings. The van der Waals surface area contributed by atoms with Gasteiger partial charge in [-0.1, -0.05) is 0 Å². The number of aliphatic hydroxyl groups excluding tert-OH is 1. The molecule has 1 aromatic heterocycles. The largest absolute Gasteiger partial charge is 0.433 e. The van der Waals surface area contributed by atoms with Crippen molar-refractivity contribution in [3.05, 3.63) is 29.6 Å². The fraction of sp³-hybridized carbons (Fsp3) is 0.500. The van der Waals surface area contributed by atoms with Crippen molar-refractivity contribution in [3.63, 3.8) is 0 Å². The van der Waals surface area contributed by atoms with Crippen LogP contribution in [0.5, 0.6) is 0 Å². The molecule has 4 nitrogen and oxygen atoms in total. The van der Waals surface area contributed by atoms with Gasteiger partial charge in [0.1, 0.15) is 5.69 Å². The molecule has 0 saturated carbocycles. The van der Waals surface area contributed by atoms with Gasteiger partial charge in [0, 0.05) is 12.7 Å². The molecule has 1 unspecified atom stereocenters. The number of rotatable bonds is 6. The Labute approximate surface area is 118 Å². The number of aliphatic hydroxyl groups is 1. The number of nitrogens with one attached hydrogen (secondary N) is 1. The molecule has 112 valence electrons. The maximum Gasteiger partial charge on any atom is 0.433 e. The van der Waals surface area contributed by atoms with E-state index < -0.39 is 23.9 Å². The molecule has 1 amide bonds. The predicted molar refractivity (Wildman–Crippen MR) is 70.6 cm³/mol. The highest BCUT2D eigenvalue weighted by Gasteiger charge is 2.32. The number of halogens is 3. The maximum atomic E-state index is 12.3. The van der Waals surface area contributed by atoms with Crippen LogP contribution in [0, 0.1) is 0 Å². The Morgan fingerprint density at radius 1 is 1.50 bits per heavy atom. The molecule has 20 heavy (non-hydrogen) atoms. The first-order valence-electron chi connectivity index (χ1n) is 5.83. The minimum Gasteiger partial charge on any atom is -0.391 e. The Hall–Kier alpha value is -1.28. The lowest BCUT2D eigenvalue weighted by atomic mass is 10.2. The first kappa shape index (κ1) is 16.8. The Balaban J connectivity index is 2.52. The van der Waals surface area contributed by atoms with Gasteiger partial charge < -0.3 is 10.4 Å². The van der Waals surface area contributed by atoms with Crippen LogP contribution in [0.3, 0.4) is 0 Å². The van der Waals surface area contributed by atoms with E-state index in [4.69, 9.17) is 0 Å². The van der Waals surface area contributed by atoms with E-state index in [1.54, 1.807) is 11.8 Å². The maximum absolute atomic E-state index is 12.3. The van der Waals surface area contributed by atoms with E-state index in [0.29, 0.717) is 6.42 Å². The zero-order valence-corrected chi connectivity index (χ0v) is 11.6. The average Bonchev–Trinajstić information content (AvgIpc) is 2.41. The number of pyridine rings is 1. The summed E-state index contributed by atoms with van der Waals surface area (Å²) in [4.78, 5) is 14.8. The normalized spacial score (nSPS) is 13.1. The Bertz CT molecular complexity index is 437. The van der Waals surface area contributed by atoms with Crippen molar-refractivity contribution >= 4 is 17.7 Å².